The van der Waals surface area contributed by atoms with Crippen molar-refractivity contribution in [3.63, 3.8) is 0 Å². The van der Waals surface area contributed by atoms with Crippen molar-refractivity contribution in [2.75, 3.05) is 32.8 Å². The SMILES string of the molecule is CCOc1ccccc1CN1CCC([NH+]2CCC(C)CC2)CC1.O=C([O-])C(=O)O. The number of carbonyl (C=O) groups excluding carboxylic acids is 1. The van der Waals surface area contributed by atoms with Crippen LogP contribution in [0.4, 0.5) is 0 Å². The van der Waals surface area contributed by atoms with Gasteiger partial charge in [0.1, 0.15) is 5.75 Å². The molecule has 2 N–H and O–H groups in total. The average molecular weight is 407 g/mol. The molecule has 0 bridgehead atoms. The minimum Gasteiger partial charge on any atom is -0.539 e. The molecule has 0 amide bonds. The molecule has 2 saturated heterocycles. The Kier molecular flexibility index (Phi) is 9.41. The van der Waals surface area contributed by atoms with E-state index in [2.05, 4.69) is 43.0 Å². The lowest BCUT2D eigenvalue weighted by molar-refractivity contribution is -0.932. The van der Waals surface area contributed by atoms with Gasteiger partial charge in [0.05, 0.1) is 25.7 Å². The number of likely N-dealkylation sites (tertiary alicyclic amines) is 2. The first-order valence-corrected chi connectivity index (χ1v) is 10.6. The molecule has 0 aromatic heterocycles. The summed E-state index contributed by atoms with van der Waals surface area (Å²) in [7, 11) is 0. The van der Waals surface area contributed by atoms with E-state index >= 15 is 0 Å². The number of rotatable bonds is 5. The van der Waals surface area contributed by atoms with E-state index in [1.807, 2.05) is 4.90 Å². The first-order chi connectivity index (χ1) is 13.9. The Morgan fingerprint density at radius 3 is 2.31 bits per heavy atom. The highest BCUT2D eigenvalue weighted by atomic mass is 16.5. The maximum atomic E-state index is 9.04. The highest BCUT2D eigenvalue weighted by Gasteiger charge is 2.30. The largest absolute Gasteiger partial charge is 0.539 e. The third kappa shape index (κ3) is 7.66. The summed E-state index contributed by atoms with van der Waals surface area (Å²) in [5.41, 5.74) is 1.34. The van der Waals surface area contributed by atoms with E-state index in [0.29, 0.717) is 0 Å². The lowest BCUT2D eigenvalue weighted by atomic mass is 9.95. The number of ether oxygens (including phenoxy) is 1. The van der Waals surface area contributed by atoms with Crippen molar-refractivity contribution in [3.8, 4) is 5.75 Å². The van der Waals surface area contributed by atoms with Crippen LogP contribution in [0.15, 0.2) is 24.3 Å². The molecular formula is C22H34N2O5. The Morgan fingerprint density at radius 2 is 1.76 bits per heavy atom. The van der Waals surface area contributed by atoms with Gasteiger partial charge < -0.3 is 24.6 Å². The third-order valence-corrected chi connectivity index (χ3v) is 5.92. The molecule has 0 aliphatic carbocycles. The molecule has 7 heteroatoms. The number of hydrogen-bond acceptors (Lipinski definition) is 5. The smallest absolute Gasteiger partial charge is 0.351 e. The van der Waals surface area contributed by atoms with Crippen molar-refractivity contribution in [2.45, 2.75) is 52.1 Å². The first-order valence-electron chi connectivity index (χ1n) is 10.6. The van der Waals surface area contributed by atoms with Gasteiger partial charge in [-0.1, -0.05) is 25.1 Å². The minimum atomic E-state index is -2.07. The van der Waals surface area contributed by atoms with E-state index < -0.39 is 11.9 Å². The highest BCUT2D eigenvalue weighted by Crippen LogP contribution is 2.22. The molecule has 2 heterocycles. The van der Waals surface area contributed by atoms with Crippen LogP contribution in [0.25, 0.3) is 0 Å². The molecule has 2 fully saturated rings. The second-order valence-corrected chi connectivity index (χ2v) is 8.02. The number of benzene rings is 1. The second kappa shape index (κ2) is 11.8. The summed E-state index contributed by atoms with van der Waals surface area (Å²) in [6.45, 7) is 11.5. The predicted octanol–water partition coefficient (Wildman–Crippen LogP) is 0.185. The monoisotopic (exact) mass is 406 g/mol. The van der Waals surface area contributed by atoms with E-state index in [1.54, 1.807) is 0 Å². The molecule has 0 radical (unpaired) electrons. The van der Waals surface area contributed by atoms with Crippen LogP contribution >= 0.6 is 0 Å². The number of carboxylic acid groups (broad SMARTS) is 2. The summed E-state index contributed by atoms with van der Waals surface area (Å²) in [4.78, 5) is 22.5. The van der Waals surface area contributed by atoms with Crippen LogP contribution in [0.2, 0.25) is 0 Å². The number of carbonyl (C=O) groups is 2. The average Bonchev–Trinajstić information content (AvgIpc) is 2.71. The van der Waals surface area contributed by atoms with Gasteiger partial charge in [0.25, 0.3) is 0 Å². The van der Waals surface area contributed by atoms with Crippen molar-refractivity contribution >= 4 is 11.9 Å². The molecular weight excluding hydrogens is 372 g/mol. The Balaban J connectivity index is 0.000000438. The summed E-state index contributed by atoms with van der Waals surface area (Å²) in [5.74, 6) is -1.99. The van der Waals surface area contributed by atoms with Crippen molar-refractivity contribution in [3.05, 3.63) is 29.8 Å². The fourth-order valence-electron chi connectivity index (χ4n) is 4.21. The normalized spacial score (nSPS) is 23.0. The van der Waals surface area contributed by atoms with Gasteiger partial charge in [-0.3, -0.25) is 4.90 Å². The maximum Gasteiger partial charge on any atom is 0.351 e. The molecule has 0 spiro atoms. The zero-order valence-electron chi connectivity index (χ0n) is 17.6. The molecule has 0 atom stereocenters. The third-order valence-electron chi connectivity index (χ3n) is 5.92. The molecule has 3 rings (SSSR count). The Bertz CT molecular complexity index is 638. The van der Waals surface area contributed by atoms with E-state index in [1.165, 1.54) is 57.4 Å². The van der Waals surface area contributed by atoms with Gasteiger partial charge in [-0.2, -0.15) is 0 Å². The zero-order chi connectivity index (χ0) is 21.2. The number of hydrogen-bond donors (Lipinski definition) is 2. The van der Waals surface area contributed by atoms with Gasteiger partial charge in [0.15, 0.2) is 5.97 Å². The summed E-state index contributed by atoms with van der Waals surface area (Å²) in [6, 6.07) is 9.42. The van der Waals surface area contributed by atoms with Gasteiger partial charge in [0.2, 0.25) is 0 Å². The van der Waals surface area contributed by atoms with Crippen molar-refractivity contribution in [2.24, 2.45) is 5.92 Å². The molecule has 1 aromatic carbocycles. The fraction of sp³-hybridized carbons (Fsp3) is 0.636. The highest BCUT2D eigenvalue weighted by molar-refractivity contribution is 6.26. The standard InChI is InChI=1S/C20H32N2O.C2H2O4/c1-3-23-20-7-5-4-6-18(20)16-21-12-10-19(11-13-21)22-14-8-17(2)9-15-22;3-1(4)2(5)6/h4-7,17,19H,3,8-16H2,1-2H3;(H,3,4)(H,5,6). The molecule has 162 valence electrons. The van der Waals surface area contributed by atoms with Crippen LogP contribution in [0.5, 0.6) is 5.75 Å². The molecule has 0 unspecified atom stereocenters. The first kappa shape index (κ1) is 23.2. The van der Waals surface area contributed by atoms with Crippen molar-refractivity contribution in [1.29, 1.82) is 0 Å². The van der Waals surface area contributed by atoms with Crippen molar-refractivity contribution < 1.29 is 29.4 Å². The van der Waals surface area contributed by atoms with E-state index in [9.17, 15) is 0 Å². The number of nitrogens with one attached hydrogen (secondary N) is 1. The number of nitrogens with zero attached hydrogens (tertiary/aromatic N) is 1. The molecule has 2 aliphatic heterocycles. The summed E-state index contributed by atoms with van der Waals surface area (Å²) >= 11 is 0. The number of piperidine rings is 2. The predicted molar refractivity (Wildman–Crippen MR) is 108 cm³/mol. The molecule has 29 heavy (non-hydrogen) atoms. The quantitative estimate of drug-likeness (QED) is 0.678. The topological polar surface area (TPSA) is 94.3 Å². The number of quaternary nitrogens is 1. The Morgan fingerprint density at radius 1 is 1.17 bits per heavy atom. The van der Waals surface area contributed by atoms with Crippen LogP contribution in [-0.2, 0) is 16.1 Å². The van der Waals surface area contributed by atoms with E-state index in [-0.39, 0.29) is 0 Å². The summed E-state index contributed by atoms with van der Waals surface area (Å²) in [6.07, 6.45) is 5.58. The Labute approximate surface area is 173 Å². The van der Waals surface area contributed by atoms with E-state index in [4.69, 9.17) is 24.5 Å². The van der Waals surface area contributed by atoms with Crippen LogP contribution in [0, 0.1) is 5.92 Å². The van der Waals surface area contributed by atoms with Crippen molar-refractivity contribution in [1.82, 2.24) is 4.90 Å². The van der Waals surface area contributed by atoms with E-state index in [0.717, 1.165) is 30.9 Å². The summed E-state index contributed by atoms with van der Waals surface area (Å²) < 4.78 is 5.77. The number of aliphatic carboxylic acids is 2. The molecule has 1 aromatic rings. The van der Waals surface area contributed by atoms with Gasteiger partial charge in [0, 0.05) is 38.0 Å². The lowest BCUT2D eigenvalue weighted by Gasteiger charge is -2.39. The summed E-state index contributed by atoms with van der Waals surface area (Å²) in [5, 5.41) is 16.3. The Hall–Kier alpha value is -2.12. The lowest BCUT2D eigenvalue weighted by Crippen LogP contribution is -3.17. The minimum absolute atomic E-state index is 0.746. The van der Waals surface area contributed by atoms with Gasteiger partial charge in [-0.15, -0.1) is 0 Å². The van der Waals surface area contributed by atoms with Gasteiger partial charge >= 0.3 is 5.97 Å². The number of carboxylic acids is 2. The van der Waals surface area contributed by atoms with Crippen LogP contribution in [0.1, 0.15) is 45.1 Å². The van der Waals surface area contributed by atoms with Crippen LogP contribution in [0.3, 0.4) is 0 Å². The molecule has 0 saturated carbocycles. The zero-order valence-corrected chi connectivity index (χ0v) is 17.6. The van der Waals surface area contributed by atoms with Gasteiger partial charge in [-0.05, 0) is 31.7 Å². The maximum absolute atomic E-state index is 9.04. The molecule has 2 aliphatic rings. The number of para-hydroxylation sites is 1. The van der Waals surface area contributed by atoms with Gasteiger partial charge in [-0.25, -0.2) is 4.79 Å². The molecule has 7 nitrogen and oxygen atoms in total. The second-order valence-electron chi connectivity index (χ2n) is 8.02. The van der Waals surface area contributed by atoms with Crippen LogP contribution in [-0.4, -0.2) is 60.8 Å². The van der Waals surface area contributed by atoms with Crippen LogP contribution < -0.4 is 14.7 Å². The fourth-order valence-corrected chi connectivity index (χ4v) is 4.21.